The van der Waals surface area contributed by atoms with Crippen LogP contribution in [-0.4, -0.2) is 51.5 Å². The summed E-state index contributed by atoms with van der Waals surface area (Å²) < 4.78 is 37.3. The average Bonchev–Trinajstić information content (AvgIpc) is 2.73. The fraction of sp³-hybridized carbons (Fsp3) is 0.350. The highest BCUT2D eigenvalue weighted by atomic mass is 35.5. The second-order valence-corrected chi connectivity index (χ2v) is 8.99. The number of amides is 1. The number of carbonyl (C=O) groups is 1. The van der Waals surface area contributed by atoms with Crippen LogP contribution in [0.4, 0.5) is 0 Å². The summed E-state index contributed by atoms with van der Waals surface area (Å²) in [6.07, 6.45) is 0. The summed E-state index contributed by atoms with van der Waals surface area (Å²) in [5.74, 6) is 0.137. The molecule has 0 radical (unpaired) electrons. The van der Waals surface area contributed by atoms with Crippen LogP contribution in [-0.2, 0) is 19.6 Å². The maximum Gasteiger partial charge on any atom is 0.258 e. The maximum atomic E-state index is 12.6. The standard InChI is InChI=1S/C20H23ClN2O5S/c1-15(16-2-4-17(21)5-3-16)22-20(24)14-28-18-6-8-19(9-7-18)29(25,26)23-10-12-27-13-11-23/h2-9,15H,10-14H2,1H3,(H,22,24)/t15-/m1/s1. The zero-order chi connectivity index (χ0) is 20.9. The van der Waals surface area contributed by atoms with Crippen LogP contribution in [0.15, 0.2) is 53.4 Å². The molecule has 0 saturated carbocycles. The first-order chi connectivity index (χ1) is 13.9. The number of benzene rings is 2. The molecule has 2 aromatic carbocycles. The predicted molar refractivity (Wildman–Crippen MR) is 110 cm³/mol. The number of hydrogen-bond acceptors (Lipinski definition) is 5. The molecular weight excluding hydrogens is 416 g/mol. The third kappa shape index (κ3) is 5.70. The number of sulfonamides is 1. The van der Waals surface area contributed by atoms with Crippen LogP contribution in [0.3, 0.4) is 0 Å². The number of nitrogens with one attached hydrogen (secondary N) is 1. The molecule has 1 N–H and O–H groups in total. The summed E-state index contributed by atoms with van der Waals surface area (Å²) in [6.45, 7) is 3.16. The van der Waals surface area contributed by atoms with E-state index in [1.54, 1.807) is 24.3 Å². The van der Waals surface area contributed by atoms with Crippen molar-refractivity contribution in [3.8, 4) is 5.75 Å². The third-order valence-electron chi connectivity index (χ3n) is 4.55. The van der Waals surface area contributed by atoms with Gasteiger partial charge in [-0.3, -0.25) is 4.79 Å². The van der Waals surface area contributed by atoms with E-state index in [1.165, 1.54) is 16.4 Å². The van der Waals surface area contributed by atoms with E-state index in [-0.39, 0.29) is 23.5 Å². The molecule has 0 aromatic heterocycles. The first kappa shape index (κ1) is 21.6. The minimum Gasteiger partial charge on any atom is -0.484 e. The maximum absolute atomic E-state index is 12.6. The molecule has 0 unspecified atom stereocenters. The normalized spacial score (nSPS) is 16.2. The number of halogens is 1. The summed E-state index contributed by atoms with van der Waals surface area (Å²) in [4.78, 5) is 12.3. The zero-order valence-electron chi connectivity index (χ0n) is 16.0. The molecule has 1 fully saturated rings. The summed E-state index contributed by atoms with van der Waals surface area (Å²) in [5, 5.41) is 3.48. The van der Waals surface area contributed by atoms with Crippen molar-refractivity contribution in [3.63, 3.8) is 0 Å². The van der Waals surface area contributed by atoms with Crippen molar-refractivity contribution < 1.29 is 22.7 Å². The van der Waals surface area contributed by atoms with Gasteiger partial charge in [0.15, 0.2) is 6.61 Å². The van der Waals surface area contributed by atoms with Crippen molar-refractivity contribution >= 4 is 27.5 Å². The molecule has 29 heavy (non-hydrogen) atoms. The van der Waals surface area contributed by atoms with Gasteiger partial charge in [0.2, 0.25) is 10.0 Å². The lowest BCUT2D eigenvalue weighted by atomic mass is 10.1. The number of ether oxygens (including phenoxy) is 2. The molecule has 3 rings (SSSR count). The molecule has 1 atom stereocenters. The number of morpholine rings is 1. The topological polar surface area (TPSA) is 84.9 Å². The minimum atomic E-state index is -3.55. The molecule has 0 aliphatic carbocycles. The molecule has 1 saturated heterocycles. The summed E-state index contributed by atoms with van der Waals surface area (Å²) in [7, 11) is -3.55. The van der Waals surface area contributed by atoms with Crippen LogP contribution in [0.2, 0.25) is 5.02 Å². The van der Waals surface area contributed by atoms with E-state index in [0.717, 1.165) is 5.56 Å². The van der Waals surface area contributed by atoms with E-state index < -0.39 is 10.0 Å². The summed E-state index contributed by atoms with van der Waals surface area (Å²) in [6, 6.07) is 13.1. The smallest absolute Gasteiger partial charge is 0.258 e. The van der Waals surface area contributed by atoms with Gasteiger partial charge in [-0.05, 0) is 48.9 Å². The molecule has 2 aromatic rings. The summed E-state index contributed by atoms with van der Waals surface area (Å²) >= 11 is 5.87. The second-order valence-electron chi connectivity index (χ2n) is 6.62. The number of rotatable bonds is 7. The number of carbonyl (C=O) groups excluding carboxylic acids is 1. The van der Waals surface area contributed by atoms with E-state index in [9.17, 15) is 13.2 Å². The van der Waals surface area contributed by atoms with Crippen LogP contribution in [0, 0.1) is 0 Å². The fourth-order valence-electron chi connectivity index (χ4n) is 2.91. The first-order valence-electron chi connectivity index (χ1n) is 9.22. The zero-order valence-corrected chi connectivity index (χ0v) is 17.6. The van der Waals surface area contributed by atoms with Gasteiger partial charge in [-0.25, -0.2) is 8.42 Å². The van der Waals surface area contributed by atoms with Crippen molar-refractivity contribution in [2.45, 2.75) is 17.9 Å². The van der Waals surface area contributed by atoms with E-state index in [2.05, 4.69) is 5.32 Å². The van der Waals surface area contributed by atoms with Crippen LogP contribution in [0.25, 0.3) is 0 Å². The van der Waals surface area contributed by atoms with Gasteiger partial charge >= 0.3 is 0 Å². The molecule has 1 amide bonds. The second kappa shape index (κ2) is 9.58. The molecule has 156 valence electrons. The monoisotopic (exact) mass is 438 g/mol. The van der Waals surface area contributed by atoms with Crippen LogP contribution in [0.1, 0.15) is 18.5 Å². The van der Waals surface area contributed by atoms with Gasteiger partial charge in [0.25, 0.3) is 5.91 Å². The van der Waals surface area contributed by atoms with Gasteiger partial charge in [-0.2, -0.15) is 4.31 Å². The van der Waals surface area contributed by atoms with E-state index >= 15 is 0 Å². The van der Waals surface area contributed by atoms with Crippen molar-refractivity contribution in [1.29, 1.82) is 0 Å². The lowest BCUT2D eigenvalue weighted by Crippen LogP contribution is -2.40. The Morgan fingerprint density at radius 2 is 1.76 bits per heavy atom. The Morgan fingerprint density at radius 1 is 1.14 bits per heavy atom. The Morgan fingerprint density at radius 3 is 2.38 bits per heavy atom. The van der Waals surface area contributed by atoms with Crippen molar-refractivity contribution in [2.75, 3.05) is 32.9 Å². The van der Waals surface area contributed by atoms with Crippen molar-refractivity contribution in [3.05, 3.63) is 59.1 Å². The number of nitrogens with zero attached hydrogens (tertiary/aromatic N) is 1. The highest BCUT2D eigenvalue weighted by molar-refractivity contribution is 7.89. The lowest BCUT2D eigenvalue weighted by molar-refractivity contribution is -0.123. The van der Waals surface area contributed by atoms with Gasteiger partial charge in [-0.1, -0.05) is 23.7 Å². The molecule has 1 aliphatic heterocycles. The van der Waals surface area contributed by atoms with Gasteiger partial charge in [0.05, 0.1) is 24.2 Å². The molecule has 7 nitrogen and oxygen atoms in total. The van der Waals surface area contributed by atoms with Crippen LogP contribution < -0.4 is 10.1 Å². The number of hydrogen-bond donors (Lipinski definition) is 1. The van der Waals surface area contributed by atoms with Crippen molar-refractivity contribution in [1.82, 2.24) is 9.62 Å². The molecule has 9 heteroatoms. The van der Waals surface area contributed by atoms with Gasteiger partial charge in [0.1, 0.15) is 5.75 Å². The van der Waals surface area contributed by atoms with Crippen LogP contribution >= 0.6 is 11.6 Å². The quantitative estimate of drug-likeness (QED) is 0.718. The average molecular weight is 439 g/mol. The molecule has 0 bridgehead atoms. The van der Waals surface area contributed by atoms with E-state index in [1.807, 2.05) is 19.1 Å². The molecule has 1 aliphatic rings. The Labute approximate surface area is 175 Å². The minimum absolute atomic E-state index is 0.173. The Kier molecular flexibility index (Phi) is 7.13. The molecule has 1 heterocycles. The highest BCUT2D eigenvalue weighted by Crippen LogP contribution is 2.21. The summed E-state index contributed by atoms with van der Waals surface area (Å²) in [5.41, 5.74) is 0.931. The van der Waals surface area contributed by atoms with Gasteiger partial charge in [-0.15, -0.1) is 0 Å². The Bertz CT molecular complexity index is 926. The molecular formula is C20H23ClN2O5S. The van der Waals surface area contributed by atoms with Gasteiger partial charge < -0.3 is 14.8 Å². The van der Waals surface area contributed by atoms with E-state index in [4.69, 9.17) is 21.1 Å². The molecule has 0 spiro atoms. The highest BCUT2D eigenvalue weighted by Gasteiger charge is 2.26. The predicted octanol–water partition coefficient (Wildman–Crippen LogP) is 2.62. The Hall–Kier alpha value is -2.13. The lowest BCUT2D eigenvalue weighted by Gasteiger charge is -2.26. The van der Waals surface area contributed by atoms with Crippen LogP contribution in [0.5, 0.6) is 5.75 Å². The van der Waals surface area contributed by atoms with Crippen molar-refractivity contribution in [2.24, 2.45) is 0 Å². The van der Waals surface area contributed by atoms with Gasteiger partial charge in [0, 0.05) is 18.1 Å². The Balaban J connectivity index is 1.53. The third-order valence-corrected chi connectivity index (χ3v) is 6.71. The SMILES string of the molecule is C[C@@H](NC(=O)COc1ccc(S(=O)(=O)N2CCOCC2)cc1)c1ccc(Cl)cc1. The van der Waals surface area contributed by atoms with E-state index in [0.29, 0.717) is 37.1 Å². The first-order valence-corrected chi connectivity index (χ1v) is 11.0. The largest absolute Gasteiger partial charge is 0.484 e. The fourth-order valence-corrected chi connectivity index (χ4v) is 4.44.